The van der Waals surface area contributed by atoms with Crippen LogP contribution in [0.1, 0.15) is 16.7 Å². The molecule has 0 radical (unpaired) electrons. The van der Waals surface area contributed by atoms with Crippen molar-refractivity contribution in [2.45, 2.75) is 20.3 Å². The highest BCUT2D eigenvalue weighted by Gasteiger charge is 2.11. The fraction of sp³-hybridized carbons (Fsp3) is 0.188. The fourth-order valence-corrected chi connectivity index (χ4v) is 2.85. The molecular formula is C16H15BrFNO. The van der Waals surface area contributed by atoms with Crippen molar-refractivity contribution >= 4 is 27.5 Å². The maximum atomic E-state index is 13.5. The van der Waals surface area contributed by atoms with E-state index in [9.17, 15) is 9.18 Å². The zero-order valence-electron chi connectivity index (χ0n) is 11.3. The molecule has 2 nitrogen and oxygen atoms in total. The lowest BCUT2D eigenvalue weighted by atomic mass is 10.1. The van der Waals surface area contributed by atoms with Crippen molar-refractivity contribution in [3.05, 3.63) is 63.4 Å². The Bertz CT molecular complexity index is 632. The minimum atomic E-state index is -0.359. The summed E-state index contributed by atoms with van der Waals surface area (Å²) in [7, 11) is 0. The number of halogens is 2. The zero-order chi connectivity index (χ0) is 14.7. The number of benzene rings is 2. The van der Waals surface area contributed by atoms with Crippen LogP contribution in [0.4, 0.5) is 10.1 Å². The average Bonchev–Trinajstić information content (AvgIpc) is 2.36. The Labute approximate surface area is 126 Å². The number of amides is 1. The lowest BCUT2D eigenvalue weighted by Gasteiger charge is -2.12. The van der Waals surface area contributed by atoms with Gasteiger partial charge in [-0.25, -0.2) is 4.39 Å². The van der Waals surface area contributed by atoms with Crippen LogP contribution in [0.5, 0.6) is 0 Å². The minimum absolute atomic E-state index is 0.0203. The summed E-state index contributed by atoms with van der Waals surface area (Å²) in [5.74, 6) is -0.593. The smallest absolute Gasteiger partial charge is 0.228 e. The summed E-state index contributed by atoms with van der Waals surface area (Å²) in [5.41, 5.74) is 3.21. The molecule has 0 aliphatic rings. The lowest BCUT2D eigenvalue weighted by Crippen LogP contribution is -2.16. The second kappa shape index (κ2) is 6.18. The molecule has 0 aromatic heterocycles. The van der Waals surface area contributed by atoms with E-state index in [1.54, 1.807) is 18.2 Å². The molecule has 0 heterocycles. The van der Waals surface area contributed by atoms with Gasteiger partial charge in [-0.2, -0.15) is 0 Å². The van der Waals surface area contributed by atoms with Crippen LogP contribution in [-0.4, -0.2) is 5.91 Å². The predicted octanol–water partition coefficient (Wildman–Crippen LogP) is 4.39. The van der Waals surface area contributed by atoms with E-state index < -0.39 is 0 Å². The summed E-state index contributed by atoms with van der Waals surface area (Å²) < 4.78 is 14.3. The van der Waals surface area contributed by atoms with Gasteiger partial charge in [0.05, 0.1) is 12.1 Å². The van der Waals surface area contributed by atoms with Crippen LogP contribution in [-0.2, 0) is 11.2 Å². The highest BCUT2D eigenvalue weighted by atomic mass is 79.9. The van der Waals surface area contributed by atoms with Gasteiger partial charge in [0.25, 0.3) is 0 Å². The molecule has 0 saturated heterocycles. The van der Waals surface area contributed by atoms with Crippen molar-refractivity contribution in [3.8, 4) is 0 Å². The summed E-state index contributed by atoms with van der Waals surface area (Å²) >= 11 is 3.44. The maximum Gasteiger partial charge on any atom is 0.228 e. The van der Waals surface area contributed by atoms with Gasteiger partial charge in [0.15, 0.2) is 0 Å². The monoisotopic (exact) mass is 335 g/mol. The second-order valence-electron chi connectivity index (χ2n) is 4.76. The fourth-order valence-electron chi connectivity index (χ4n) is 2.07. The van der Waals surface area contributed by atoms with Crippen molar-refractivity contribution in [2.24, 2.45) is 0 Å². The molecule has 1 N–H and O–H groups in total. The van der Waals surface area contributed by atoms with E-state index in [0.717, 1.165) is 21.3 Å². The van der Waals surface area contributed by atoms with Crippen LogP contribution in [0.15, 0.2) is 40.9 Å². The number of carbonyl (C=O) groups is 1. The molecule has 4 heteroatoms. The third kappa shape index (κ3) is 3.45. The standard InChI is InChI=1S/C16H15BrFNO/c1-10-7-11(2)16(13(17)8-10)19-15(20)9-12-5-3-4-6-14(12)18/h3-8H,9H2,1-2H3,(H,19,20). The van der Waals surface area contributed by atoms with Crippen LogP contribution in [0.2, 0.25) is 0 Å². The van der Waals surface area contributed by atoms with E-state index in [4.69, 9.17) is 0 Å². The Morgan fingerprint density at radius 1 is 1.25 bits per heavy atom. The van der Waals surface area contributed by atoms with Crippen molar-refractivity contribution in [1.29, 1.82) is 0 Å². The first-order chi connectivity index (χ1) is 9.47. The molecule has 0 aliphatic heterocycles. The van der Waals surface area contributed by atoms with Crippen molar-refractivity contribution in [3.63, 3.8) is 0 Å². The Morgan fingerprint density at radius 3 is 2.60 bits per heavy atom. The highest BCUT2D eigenvalue weighted by molar-refractivity contribution is 9.10. The summed E-state index contributed by atoms with van der Waals surface area (Å²) in [4.78, 5) is 12.0. The summed E-state index contributed by atoms with van der Waals surface area (Å²) in [6.45, 7) is 3.92. The van der Waals surface area contributed by atoms with Gasteiger partial charge in [-0.1, -0.05) is 24.3 Å². The van der Waals surface area contributed by atoms with Crippen LogP contribution in [0.3, 0.4) is 0 Å². The normalized spacial score (nSPS) is 10.4. The molecule has 0 spiro atoms. The number of nitrogens with one attached hydrogen (secondary N) is 1. The molecule has 20 heavy (non-hydrogen) atoms. The van der Waals surface area contributed by atoms with Gasteiger partial charge in [-0.15, -0.1) is 0 Å². The molecule has 2 aromatic carbocycles. The maximum absolute atomic E-state index is 13.5. The molecule has 2 aromatic rings. The highest BCUT2D eigenvalue weighted by Crippen LogP contribution is 2.27. The van der Waals surface area contributed by atoms with Crippen molar-refractivity contribution < 1.29 is 9.18 Å². The summed E-state index contributed by atoms with van der Waals surface area (Å²) in [5, 5.41) is 2.83. The quantitative estimate of drug-likeness (QED) is 0.885. The Balaban J connectivity index is 2.15. The van der Waals surface area contributed by atoms with Gasteiger partial charge >= 0.3 is 0 Å². The second-order valence-corrected chi connectivity index (χ2v) is 5.61. The molecule has 1 amide bonds. The van der Waals surface area contributed by atoms with E-state index in [2.05, 4.69) is 21.2 Å². The van der Waals surface area contributed by atoms with Crippen LogP contribution < -0.4 is 5.32 Å². The first kappa shape index (κ1) is 14.7. The van der Waals surface area contributed by atoms with E-state index in [1.165, 1.54) is 6.07 Å². The summed E-state index contributed by atoms with van der Waals surface area (Å²) in [6, 6.07) is 10.2. The molecule has 2 rings (SSSR count). The third-order valence-corrected chi connectivity index (χ3v) is 3.63. The van der Waals surface area contributed by atoms with Gasteiger partial charge in [-0.05, 0) is 58.6 Å². The molecule has 0 unspecified atom stereocenters. The first-order valence-electron chi connectivity index (χ1n) is 6.27. The topological polar surface area (TPSA) is 29.1 Å². The van der Waals surface area contributed by atoms with Gasteiger partial charge in [-0.3, -0.25) is 4.79 Å². The van der Waals surface area contributed by atoms with Gasteiger partial charge in [0.1, 0.15) is 5.82 Å². The summed E-state index contributed by atoms with van der Waals surface area (Å²) in [6.07, 6.45) is 0.0203. The van der Waals surface area contributed by atoms with Crippen molar-refractivity contribution in [2.75, 3.05) is 5.32 Å². The van der Waals surface area contributed by atoms with Crippen LogP contribution >= 0.6 is 15.9 Å². The Hall–Kier alpha value is -1.68. The SMILES string of the molecule is Cc1cc(C)c(NC(=O)Cc2ccccc2F)c(Br)c1. The van der Waals surface area contributed by atoms with Crippen molar-refractivity contribution in [1.82, 2.24) is 0 Å². The number of hydrogen-bond acceptors (Lipinski definition) is 1. The largest absolute Gasteiger partial charge is 0.325 e. The minimum Gasteiger partial charge on any atom is -0.325 e. The number of anilines is 1. The molecule has 0 aliphatic carbocycles. The number of rotatable bonds is 3. The van der Waals surface area contributed by atoms with E-state index in [0.29, 0.717) is 5.56 Å². The van der Waals surface area contributed by atoms with Crippen LogP contribution in [0.25, 0.3) is 0 Å². The van der Waals surface area contributed by atoms with Crippen LogP contribution in [0, 0.1) is 19.7 Å². The van der Waals surface area contributed by atoms with Gasteiger partial charge < -0.3 is 5.32 Å². The predicted molar refractivity (Wildman–Crippen MR) is 82.3 cm³/mol. The number of hydrogen-bond donors (Lipinski definition) is 1. The molecule has 0 atom stereocenters. The average molecular weight is 336 g/mol. The van der Waals surface area contributed by atoms with E-state index in [-0.39, 0.29) is 18.1 Å². The van der Waals surface area contributed by atoms with E-state index in [1.807, 2.05) is 26.0 Å². The molecule has 104 valence electrons. The van der Waals surface area contributed by atoms with E-state index >= 15 is 0 Å². The molecule has 0 bridgehead atoms. The Kier molecular flexibility index (Phi) is 4.55. The lowest BCUT2D eigenvalue weighted by molar-refractivity contribution is -0.115. The Morgan fingerprint density at radius 2 is 1.95 bits per heavy atom. The molecular weight excluding hydrogens is 321 g/mol. The molecule has 0 fully saturated rings. The zero-order valence-corrected chi connectivity index (χ0v) is 12.9. The molecule has 0 saturated carbocycles. The number of aryl methyl sites for hydroxylation is 2. The third-order valence-electron chi connectivity index (χ3n) is 3.01. The first-order valence-corrected chi connectivity index (χ1v) is 7.06. The number of carbonyl (C=O) groups excluding carboxylic acids is 1. The van der Waals surface area contributed by atoms with Gasteiger partial charge in [0, 0.05) is 4.47 Å². The van der Waals surface area contributed by atoms with Gasteiger partial charge in [0.2, 0.25) is 5.91 Å².